The van der Waals surface area contributed by atoms with Gasteiger partial charge in [0.1, 0.15) is 18.1 Å². The third-order valence-corrected chi connectivity index (χ3v) is 7.37. The number of amides is 3. The normalized spacial score (nSPS) is 14.0. The Morgan fingerprint density at radius 1 is 0.929 bits per heavy atom. The minimum absolute atomic E-state index is 0.139. The first-order valence-corrected chi connectivity index (χ1v) is 14.2. The van der Waals surface area contributed by atoms with Crippen LogP contribution in [0.4, 0.5) is 10.5 Å². The molecule has 0 unspecified atom stereocenters. The molecule has 42 heavy (non-hydrogen) atoms. The molecular weight excluding hydrogens is 556 g/mol. The molecule has 0 aromatic heterocycles. The number of benzene rings is 3. The lowest BCUT2D eigenvalue weighted by molar-refractivity contribution is -0.123. The summed E-state index contributed by atoms with van der Waals surface area (Å²) in [6.07, 6.45) is 1.63. The van der Waals surface area contributed by atoms with Gasteiger partial charge in [-0.25, -0.2) is 0 Å². The summed E-state index contributed by atoms with van der Waals surface area (Å²) in [6.45, 7) is 6.25. The highest BCUT2D eigenvalue weighted by Gasteiger charge is 2.35. The van der Waals surface area contributed by atoms with Crippen LogP contribution in [0.3, 0.4) is 0 Å². The molecule has 1 N–H and O–H groups in total. The summed E-state index contributed by atoms with van der Waals surface area (Å²) in [7, 11) is 3.01. The minimum atomic E-state index is -0.380. The van der Waals surface area contributed by atoms with Crippen LogP contribution >= 0.6 is 11.8 Å². The lowest BCUT2D eigenvalue weighted by atomic mass is 10.0. The molecule has 9 nitrogen and oxygen atoms in total. The number of nitrogens with zero attached hydrogens (tertiary/aromatic N) is 1. The molecule has 3 aromatic carbocycles. The van der Waals surface area contributed by atoms with Crippen LogP contribution in [0, 0.1) is 6.92 Å². The molecule has 0 saturated carbocycles. The van der Waals surface area contributed by atoms with Gasteiger partial charge in [-0.15, -0.1) is 0 Å². The van der Waals surface area contributed by atoms with E-state index < -0.39 is 0 Å². The van der Waals surface area contributed by atoms with Gasteiger partial charge in [-0.2, -0.15) is 0 Å². The number of nitrogens with one attached hydrogen (secondary N) is 1. The zero-order valence-corrected chi connectivity index (χ0v) is 25.1. The van der Waals surface area contributed by atoms with Crippen molar-refractivity contribution in [3.8, 4) is 23.0 Å². The number of para-hydroxylation sites is 2. The number of imide groups is 1. The molecular formula is C32H34N2O7S. The zero-order chi connectivity index (χ0) is 30.2. The van der Waals surface area contributed by atoms with Crippen LogP contribution in [0.15, 0.2) is 65.6 Å². The molecule has 220 valence electrons. The maximum Gasteiger partial charge on any atom is 0.293 e. The SMILES string of the molecule is COc1ccccc1NC(=O)COc1ccc(/C=C2\SC(=O)N(CCOc3cc(C)ccc3C(C)C)C2=O)cc1OC. The van der Waals surface area contributed by atoms with Crippen LogP contribution in [0.2, 0.25) is 0 Å². The van der Waals surface area contributed by atoms with Crippen molar-refractivity contribution in [1.29, 1.82) is 0 Å². The summed E-state index contributed by atoms with van der Waals surface area (Å²) in [5.74, 6) is 1.56. The number of carbonyl (C=O) groups excluding carboxylic acids is 3. The maximum atomic E-state index is 13.0. The lowest BCUT2D eigenvalue weighted by Gasteiger charge is -2.17. The van der Waals surface area contributed by atoms with Gasteiger partial charge < -0.3 is 24.3 Å². The lowest BCUT2D eigenvalue weighted by Crippen LogP contribution is -2.32. The van der Waals surface area contributed by atoms with Crippen LogP contribution in [-0.2, 0) is 9.59 Å². The van der Waals surface area contributed by atoms with E-state index in [1.54, 1.807) is 48.5 Å². The predicted molar refractivity (Wildman–Crippen MR) is 164 cm³/mol. The largest absolute Gasteiger partial charge is 0.495 e. The third kappa shape index (κ3) is 7.44. The van der Waals surface area contributed by atoms with Crippen LogP contribution < -0.4 is 24.3 Å². The van der Waals surface area contributed by atoms with E-state index in [0.29, 0.717) is 33.4 Å². The standard InChI is InChI=1S/C32H34N2O7S/c1-20(2)23-12-10-21(3)16-27(23)40-15-14-34-31(36)29(42-32(34)37)18-22-11-13-26(28(17-22)39-5)41-19-30(35)33-24-8-6-7-9-25(24)38-4/h6-13,16-18,20H,14-15,19H2,1-5H3,(H,33,35)/b29-18-. The molecule has 1 saturated heterocycles. The van der Waals surface area contributed by atoms with Crippen LogP contribution in [0.5, 0.6) is 23.0 Å². The fraction of sp³-hybridized carbons (Fsp3) is 0.281. The molecule has 0 aliphatic carbocycles. The first-order chi connectivity index (χ1) is 20.2. The predicted octanol–water partition coefficient (Wildman–Crippen LogP) is 6.27. The van der Waals surface area contributed by atoms with Gasteiger partial charge in [-0.1, -0.05) is 44.2 Å². The Labute approximate surface area is 249 Å². The number of anilines is 1. The fourth-order valence-corrected chi connectivity index (χ4v) is 5.17. The Bertz CT molecular complexity index is 1500. The maximum absolute atomic E-state index is 13.0. The molecule has 3 amide bonds. The Hall–Kier alpha value is -4.44. The Kier molecular flexibility index (Phi) is 10.1. The second kappa shape index (κ2) is 14.0. The van der Waals surface area contributed by atoms with Gasteiger partial charge in [0.15, 0.2) is 18.1 Å². The highest BCUT2D eigenvalue weighted by atomic mass is 32.2. The van der Waals surface area contributed by atoms with Gasteiger partial charge in [0.25, 0.3) is 17.1 Å². The van der Waals surface area contributed by atoms with Gasteiger partial charge in [-0.05, 0) is 77.7 Å². The number of hydrogen-bond donors (Lipinski definition) is 1. The third-order valence-electron chi connectivity index (χ3n) is 6.46. The molecule has 3 aromatic rings. The molecule has 4 rings (SSSR count). The number of aryl methyl sites for hydroxylation is 1. The highest BCUT2D eigenvalue weighted by molar-refractivity contribution is 8.18. The minimum Gasteiger partial charge on any atom is -0.495 e. The van der Waals surface area contributed by atoms with E-state index in [-0.39, 0.29) is 42.7 Å². The molecule has 10 heteroatoms. The summed E-state index contributed by atoms with van der Waals surface area (Å²) >= 11 is 0.877. The van der Waals surface area contributed by atoms with E-state index in [1.807, 2.05) is 25.1 Å². The topological polar surface area (TPSA) is 103 Å². The van der Waals surface area contributed by atoms with E-state index in [9.17, 15) is 14.4 Å². The quantitative estimate of drug-likeness (QED) is 0.246. The second-order valence-corrected chi connectivity index (χ2v) is 10.8. The van der Waals surface area contributed by atoms with Crippen molar-refractivity contribution < 1.29 is 33.3 Å². The van der Waals surface area contributed by atoms with Crippen LogP contribution in [0.25, 0.3) is 6.08 Å². The molecule has 0 atom stereocenters. The first-order valence-electron chi connectivity index (χ1n) is 13.4. The van der Waals surface area contributed by atoms with Crippen molar-refractivity contribution in [1.82, 2.24) is 4.90 Å². The first kappa shape index (κ1) is 30.5. The highest BCUT2D eigenvalue weighted by Crippen LogP contribution is 2.35. The van der Waals surface area contributed by atoms with Gasteiger partial charge in [0.2, 0.25) is 0 Å². The Balaban J connectivity index is 1.37. The monoisotopic (exact) mass is 590 g/mol. The van der Waals surface area contributed by atoms with Gasteiger partial charge in [0.05, 0.1) is 31.4 Å². The summed E-state index contributed by atoms with van der Waals surface area (Å²) in [6, 6.07) is 18.2. The zero-order valence-electron chi connectivity index (χ0n) is 24.3. The van der Waals surface area contributed by atoms with Crippen molar-refractivity contribution in [3.05, 3.63) is 82.3 Å². The molecule has 0 bridgehead atoms. The Morgan fingerprint density at radius 2 is 1.69 bits per heavy atom. The molecule has 0 spiro atoms. The summed E-state index contributed by atoms with van der Waals surface area (Å²) < 4.78 is 22.4. The molecule has 1 aliphatic rings. The number of rotatable bonds is 12. The van der Waals surface area contributed by atoms with Gasteiger partial charge in [0, 0.05) is 0 Å². The number of methoxy groups -OCH3 is 2. The number of carbonyl (C=O) groups is 3. The summed E-state index contributed by atoms with van der Waals surface area (Å²) in [4.78, 5) is 39.6. The average molecular weight is 591 g/mol. The van der Waals surface area contributed by atoms with Crippen LogP contribution in [-0.4, -0.2) is 55.9 Å². The second-order valence-electron chi connectivity index (χ2n) is 9.83. The van der Waals surface area contributed by atoms with Crippen molar-refractivity contribution >= 4 is 40.6 Å². The molecule has 1 aliphatic heterocycles. The smallest absolute Gasteiger partial charge is 0.293 e. The van der Waals surface area contributed by atoms with Crippen molar-refractivity contribution in [2.24, 2.45) is 0 Å². The van der Waals surface area contributed by atoms with Gasteiger partial charge in [-0.3, -0.25) is 19.3 Å². The number of thioether (sulfide) groups is 1. The van der Waals surface area contributed by atoms with E-state index in [4.69, 9.17) is 18.9 Å². The van der Waals surface area contributed by atoms with E-state index in [1.165, 1.54) is 19.1 Å². The summed E-state index contributed by atoms with van der Waals surface area (Å²) in [5.41, 5.74) is 3.33. The molecule has 1 fully saturated rings. The van der Waals surface area contributed by atoms with E-state index in [0.717, 1.165) is 28.6 Å². The number of hydrogen-bond acceptors (Lipinski definition) is 8. The van der Waals surface area contributed by atoms with E-state index in [2.05, 4.69) is 19.2 Å². The van der Waals surface area contributed by atoms with Crippen molar-refractivity contribution in [2.75, 3.05) is 39.3 Å². The molecule has 0 radical (unpaired) electrons. The Morgan fingerprint density at radius 3 is 2.43 bits per heavy atom. The van der Waals surface area contributed by atoms with Crippen molar-refractivity contribution in [2.45, 2.75) is 26.7 Å². The fourth-order valence-electron chi connectivity index (χ4n) is 4.31. The van der Waals surface area contributed by atoms with Gasteiger partial charge >= 0.3 is 0 Å². The summed E-state index contributed by atoms with van der Waals surface area (Å²) in [5, 5.41) is 2.40. The van der Waals surface area contributed by atoms with Crippen molar-refractivity contribution in [3.63, 3.8) is 0 Å². The van der Waals surface area contributed by atoms with Crippen LogP contribution in [0.1, 0.15) is 36.5 Å². The van der Waals surface area contributed by atoms with E-state index >= 15 is 0 Å². The molecule has 1 heterocycles. The average Bonchev–Trinajstić information content (AvgIpc) is 3.23. The number of ether oxygens (including phenoxy) is 4.